The molecule has 0 aliphatic heterocycles. The van der Waals surface area contributed by atoms with Crippen LogP contribution in [0.5, 0.6) is 0 Å². The van der Waals surface area contributed by atoms with Gasteiger partial charge < -0.3 is 5.11 Å². The van der Waals surface area contributed by atoms with Gasteiger partial charge in [-0.3, -0.25) is 0 Å². The van der Waals surface area contributed by atoms with Crippen molar-refractivity contribution in [2.45, 2.75) is 43.5 Å². The molecule has 4 atom stereocenters. The number of rotatable bonds is 0. The quantitative estimate of drug-likeness (QED) is 0.534. The summed E-state index contributed by atoms with van der Waals surface area (Å²) in [6.45, 7) is 0. The summed E-state index contributed by atoms with van der Waals surface area (Å²) in [4.78, 5) is 0. The third kappa shape index (κ3) is 1.57. The van der Waals surface area contributed by atoms with Crippen molar-refractivity contribution in [1.82, 2.24) is 0 Å². The molecule has 0 radical (unpaired) electrons. The molecule has 2 saturated carbocycles. The molecule has 2 rings (SSSR count). The van der Waals surface area contributed by atoms with Crippen molar-refractivity contribution in [2.24, 2.45) is 11.8 Å². The van der Waals surface area contributed by atoms with Gasteiger partial charge in [0.15, 0.2) is 0 Å². The molecule has 0 aromatic heterocycles. The highest BCUT2D eigenvalue weighted by molar-refractivity contribution is 7.81. The van der Waals surface area contributed by atoms with E-state index in [9.17, 15) is 5.11 Å². The lowest BCUT2D eigenvalue weighted by atomic mass is 9.99. The summed E-state index contributed by atoms with van der Waals surface area (Å²) in [5, 5.41) is 10.1. The summed E-state index contributed by atoms with van der Waals surface area (Å²) < 4.78 is 0. The number of fused-ring (bicyclic) bond motifs is 1. The fourth-order valence-corrected chi connectivity index (χ4v) is 2.93. The monoisotopic (exact) mass is 172 g/mol. The highest BCUT2D eigenvalue weighted by Crippen LogP contribution is 2.50. The average Bonchev–Trinajstić information content (AvgIpc) is 2.49. The van der Waals surface area contributed by atoms with Gasteiger partial charge in [0, 0.05) is 5.25 Å². The summed E-state index contributed by atoms with van der Waals surface area (Å²) >= 11 is 4.49. The molecule has 2 aliphatic rings. The molecule has 1 nitrogen and oxygen atoms in total. The number of thiol groups is 1. The molecule has 0 saturated heterocycles. The van der Waals surface area contributed by atoms with Crippen LogP contribution >= 0.6 is 12.6 Å². The summed E-state index contributed by atoms with van der Waals surface area (Å²) in [5.74, 6) is 1.59. The number of hydrogen-bond acceptors (Lipinski definition) is 2. The van der Waals surface area contributed by atoms with Crippen LogP contribution in [0.25, 0.3) is 0 Å². The van der Waals surface area contributed by atoms with Crippen molar-refractivity contribution in [3.8, 4) is 0 Å². The molecule has 0 amide bonds. The summed E-state index contributed by atoms with van der Waals surface area (Å²) in [5.41, 5.74) is 0. The van der Waals surface area contributed by atoms with Gasteiger partial charge >= 0.3 is 0 Å². The minimum absolute atomic E-state index is 0.0278. The normalized spacial score (nSPS) is 50.7. The molecular weight excluding hydrogens is 156 g/mol. The van der Waals surface area contributed by atoms with E-state index in [0.717, 1.165) is 24.7 Å². The zero-order valence-electron chi connectivity index (χ0n) is 6.74. The minimum Gasteiger partial charge on any atom is -0.393 e. The Morgan fingerprint density at radius 3 is 2.64 bits per heavy atom. The Balaban J connectivity index is 1.91. The van der Waals surface area contributed by atoms with Gasteiger partial charge in [-0.05, 0) is 31.1 Å². The SMILES string of the molecule is OC1CCCCC2C(S)C2C1. The Labute approximate surface area is 73.6 Å². The fraction of sp³-hybridized carbons (Fsp3) is 1.00. The van der Waals surface area contributed by atoms with Crippen LogP contribution in [0.2, 0.25) is 0 Å². The Kier molecular flexibility index (Phi) is 2.15. The van der Waals surface area contributed by atoms with E-state index < -0.39 is 0 Å². The molecule has 0 spiro atoms. The van der Waals surface area contributed by atoms with Crippen LogP contribution < -0.4 is 0 Å². The van der Waals surface area contributed by atoms with E-state index in [0.29, 0.717) is 5.25 Å². The Hall–Kier alpha value is 0.310. The topological polar surface area (TPSA) is 20.2 Å². The van der Waals surface area contributed by atoms with Crippen LogP contribution in [-0.2, 0) is 0 Å². The molecule has 4 unspecified atom stereocenters. The van der Waals surface area contributed by atoms with Crippen molar-refractivity contribution in [3.63, 3.8) is 0 Å². The molecule has 0 heterocycles. The second kappa shape index (κ2) is 2.98. The van der Waals surface area contributed by atoms with Crippen LogP contribution in [0.4, 0.5) is 0 Å². The van der Waals surface area contributed by atoms with E-state index >= 15 is 0 Å². The third-order valence-electron chi connectivity index (χ3n) is 3.16. The predicted octanol–water partition coefficient (Wildman–Crippen LogP) is 1.86. The van der Waals surface area contributed by atoms with Gasteiger partial charge in [-0.25, -0.2) is 0 Å². The highest BCUT2D eigenvalue weighted by atomic mass is 32.1. The lowest BCUT2D eigenvalue weighted by Crippen LogP contribution is -2.10. The van der Waals surface area contributed by atoms with Crippen molar-refractivity contribution in [1.29, 1.82) is 0 Å². The molecule has 64 valence electrons. The maximum Gasteiger partial charge on any atom is 0.0543 e. The van der Waals surface area contributed by atoms with E-state index in [1.54, 1.807) is 0 Å². The molecule has 11 heavy (non-hydrogen) atoms. The second-order valence-corrected chi connectivity index (χ2v) is 4.59. The summed E-state index contributed by atoms with van der Waals surface area (Å²) in [7, 11) is 0. The number of aliphatic hydroxyl groups is 1. The summed E-state index contributed by atoms with van der Waals surface area (Å²) in [6, 6.07) is 0. The smallest absolute Gasteiger partial charge is 0.0543 e. The van der Waals surface area contributed by atoms with E-state index in [-0.39, 0.29) is 6.10 Å². The fourth-order valence-electron chi connectivity index (χ4n) is 2.32. The van der Waals surface area contributed by atoms with Gasteiger partial charge in [0.2, 0.25) is 0 Å². The number of aliphatic hydroxyl groups excluding tert-OH is 1. The van der Waals surface area contributed by atoms with E-state index in [2.05, 4.69) is 12.6 Å². The maximum atomic E-state index is 9.50. The van der Waals surface area contributed by atoms with Gasteiger partial charge in [0.25, 0.3) is 0 Å². The largest absolute Gasteiger partial charge is 0.393 e. The first kappa shape index (κ1) is 7.93. The van der Waals surface area contributed by atoms with Crippen molar-refractivity contribution < 1.29 is 5.11 Å². The molecule has 0 aromatic rings. The lowest BCUT2D eigenvalue weighted by molar-refractivity contribution is 0.137. The molecule has 2 fully saturated rings. The number of hydrogen-bond donors (Lipinski definition) is 2. The van der Waals surface area contributed by atoms with E-state index in [1.807, 2.05) is 0 Å². The zero-order valence-corrected chi connectivity index (χ0v) is 7.63. The van der Waals surface area contributed by atoms with Gasteiger partial charge in [-0.1, -0.05) is 12.8 Å². The Morgan fingerprint density at radius 2 is 1.82 bits per heavy atom. The summed E-state index contributed by atoms with van der Waals surface area (Å²) in [6.07, 6.45) is 5.87. The average molecular weight is 172 g/mol. The molecule has 2 heteroatoms. The van der Waals surface area contributed by atoms with Crippen LogP contribution in [0.1, 0.15) is 32.1 Å². The Bertz CT molecular complexity index is 148. The molecule has 0 bridgehead atoms. The van der Waals surface area contributed by atoms with Crippen LogP contribution in [0.3, 0.4) is 0 Å². The van der Waals surface area contributed by atoms with Crippen LogP contribution in [0.15, 0.2) is 0 Å². The lowest BCUT2D eigenvalue weighted by Gasteiger charge is -2.12. The highest BCUT2D eigenvalue weighted by Gasteiger charge is 2.47. The zero-order chi connectivity index (χ0) is 7.84. The Morgan fingerprint density at radius 1 is 1.09 bits per heavy atom. The van der Waals surface area contributed by atoms with Crippen molar-refractivity contribution >= 4 is 12.6 Å². The first-order valence-electron chi connectivity index (χ1n) is 4.65. The van der Waals surface area contributed by atoms with Crippen LogP contribution in [0, 0.1) is 11.8 Å². The van der Waals surface area contributed by atoms with Gasteiger partial charge in [-0.15, -0.1) is 0 Å². The van der Waals surface area contributed by atoms with Gasteiger partial charge in [-0.2, -0.15) is 12.6 Å². The van der Waals surface area contributed by atoms with Crippen molar-refractivity contribution in [3.05, 3.63) is 0 Å². The van der Waals surface area contributed by atoms with Gasteiger partial charge in [0.05, 0.1) is 6.10 Å². The van der Waals surface area contributed by atoms with Gasteiger partial charge in [0.1, 0.15) is 0 Å². The third-order valence-corrected chi connectivity index (χ3v) is 3.92. The van der Waals surface area contributed by atoms with Crippen LogP contribution in [-0.4, -0.2) is 16.5 Å². The molecular formula is C9H16OS. The standard InChI is InChI=1S/C9H16OS/c10-6-3-1-2-4-7-8(5-6)9(7)11/h6-11H,1-5H2. The molecule has 2 aliphatic carbocycles. The second-order valence-electron chi connectivity index (χ2n) is 3.99. The first-order valence-corrected chi connectivity index (χ1v) is 5.17. The molecule has 0 aromatic carbocycles. The van der Waals surface area contributed by atoms with E-state index in [4.69, 9.17) is 0 Å². The first-order chi connectivity index (χ1) is 5.29. The van der Waals surface area contributed by atoms with Crippen molar-refractivity contribution in [2.75, 3.05) is 0 Å². The maximum absolute atomic E-state index is 9.50. The minimum atomic E-state index is -0.0278. The van der Waals surface area contributed by atoms with E-state index in [1.165, 1.54) is 19.3 Å². The predicted molar refractivity (Wildman–Crippen MR) is 48.8 cm³/mol. The molecule has 1 N–H and O–H groups in total.